The first kappa shape index (κ1) is 13.4. The molecule has 0 aliphatic rings. The molecule has 0 aliphatic carbocycles. The van der Waals surface area contributed by atoms with Gasteiger partial charge in [-0.2, -0.15) is 5.26 Å². The molecule has 1 rings (SSSR count). The van der Waals surface area contributed by atoms with Gasteiger partial charge in [-0.15, -0.1) is 0 Å². The van der Waals surface area contributed by atoms with E-state index in [4.69, 9.17) is 10.00 Å². The molecular formula is C14H20N2O. The van der Waals surface area contributed by atoms with E-state index in [2.05, 4.69) is 25.2 Å². The molecule has 3 nitrogen and oxygen atoms in total. The highest BCUT2D eigenvalue weighted by atomic mass is 16.5. The van der Waals surface area contributed by atoms with Gasteiger partial charge in [-0.25, -0.2) is 0 Å². The molecule has 0 atom stereocenters. The quantitative estimate of drug-likeness (QED) is 0.817. The highest BCUT2D eigenvalue weighted by Crippen LogP contribution is 2.23. The number of nitrogens with zero attached hydrogens (tertiary/aromatic N) is 1. The van der Waals surface area contributed by atoms with Crippen LogP contribution in [0.4, 0.5) is 5.69 Å². The van der Waals surface area contributed by atoms with Gasteiger partial charge >= 0.3 is 0 Å². The number of hydrogen-bond acceptors (Lipinski definition) is 3. The molecule has 0 radical (unpaired) electrons. The number of hydrogen-bond donors (Lipinski definition) is 1. The van der Waals surface area contributed by atoms with E-state index >= 15 is 0 Å². The van der Waals surface area contributed by atoms with E-state index in [9.17, 15) is 0 Å². The molecule has 0 amide bonds. The normalized spacial score (nSPS) is 10.7. The van der Waals surface area contributed by atoms with E-state index in [1.165, 1.54) is 0 Å². The standard InChI is InChI=1S/C14H20N2O/c1-14(2,9-4-10-15)11-16-12-5-7-13(17-3)8-6-12/h5-8,16H,4,9,11H2,1-3H3. The Hall–Kier alpha value is -1.69. The first-order valence-electron chi connectivity index (χ1n) is 5.82. The number of benzene rings is 1. The van der Waals surface area contributed by atoms with Gasteiger partial charge in [-0.3, -0.25) is 0 Å². The zero-order chi connectivity index (χ0) is 12.7. The number of nitrogens with one attached hydrogen (secondary N) is 1. The summed E-state index contributed by atoms with van der Waals surface area (Å²) in [5, 5.41) is 12.0. The van der Waals surface area contributed by atoms with Crippen molar-refractivity contribution in [2.75, 3.05) is 19.0 Å². The van der Waals surface area contributed by atoms with Crippen LogP contribution in [0.15, 0.2) is 24.3 Å². The molecular weight excluding hydrogens is 212 g/mol. The zero-order valence-electron chi connectivity index (χ0n) is 10.8. The Balaban J connectivity index is 2.46. The molecule has 1 aromatic rings. The maximum absolute atomic E-state index is 8.59. The molecule has 1 N–H and O–H groups in total. The summed E-state index contributed by atoms with van der Waals surface area (Å²) >= 11 is 0. The van der Waals surface area contributed by atoms with E-state index in [-0.39, 0.29) is 5.41 Å². The van der Waals surface area contributed by atoms with E-state index in [1.54, 1.807) is 7.11 Å². The van der Waals surface area contributed by atoms with Crippen molar-refractivity contribution in [3.8, 4) is 11.8 Å². The van der Waals surface area contributed by atoms with Crippen molar-refractivity contribution in [1.82, 2.24) is 0 Å². The Labute approximate surface area is 103 Å². The van der Waals surface area contributed by atoms with Gasteiger partial charge in [-0.05, 0) is 36.1 Å². The van der Waals surface area contributed by atoms with E-state index in [0.717, 1.165) is 24.4 Å². The second-order valence-corrected chi connectivity index (χ2v) is 4.90. The summed E-state index contributed by atoms with van der Waals surface area (Å²) in [5.74, 6) is 0.860. The second kappa shape index (κ2) is 6.15. The molecule has 0 aliphatic heterocycles. The average Bonchev–Trinajstić information content (AvgIpc) is 2.35. The molecule has 0 heterocycles. The molecule has 0 fully saturated rings. The second-order valence-electron chi connectivity index (χ2n) is 4.90. The summed E-state index contributed by atoms with van der Waals surface area (Å²) in [6, 6.07) is 10.1. The first-order valence-corrected chi connectivity index (χ1v) is 5.82. The van der Waals surface area contributed by atoms with Crippen molar-refractivity contribution in [1.29, 1.82) is 5.26 Å². The largest absolute Gasteiger partial charge is 0.497 e. The smallest absolute Gasteiger partial charge is 0.119 e. The Bertz CT molecular complexity index is 376. The third kappa shape index (κ3) is 4.78. The summed E-state index contributed by atoms with van der Waals surface area (Å²) < 4.78 is 5.10. The van der Waals surface area contributed by atoms with Crippen LogP contribution >= 0.6 is 0 Å². The molecule has 0 saturated heterocycles. The van der Waals surface area contributed by atoms with Crippen LogP contribution in [-0.2, 0) is 0 Å². The van der Waals surface area contributed by atoms with Crippen LogP contribution in [0.25, 0.3) is 0 Å². The van der Waals surface area contributed by atoms with Crippen LogP contribution in [0.5, 0.6) is 5.75 Å². The SMILES string of the molecule is COc1ccc(NCC(C)(C)CCC#N)cc1. The molecule has 0 aromatic heterocycles. The number of nitriles is 1. The Morgan fingerprint density at radius 3 is 2.47 bits per heavy atom. The predicted molar refractivity (Wildman–Crippen MR) is 70.1 cm³/mol. The number of anilines is 1. The summed E-state index contributed by atoms with van der Waals surface area (Å²) in [6.07, 6.45) is 1.52. The third-order valence-corrected chi connectivity index (χ3v) is 2.77. The van der Waals surface area contributed by atoms with Gasteiger partial charge in [-0.1, -0.05) is 13.8 Å². The average molecular weight is 232 g/mol. The monoisotopic (exact) mass is 232 g/mol. The fraction of sp³-hybridized carbons (Fsp3) is 0.500. The molecule has 0 saturated carbocycles. The Morgan fingerprint density at radius 1 is 1.29 bits per heavy atom. The maximum Gasteiger partial charge on any atom is 0.119 e. The van der Waals surface area contributed by atoms with Gasteiger partial charge in [0, 0.05) is 18.7 Å². The number of methoxy groups -OCH3 is 1. The van der Waals surface area contributed by atoms with Gasteiger partial charge in [0.25, 0.3) is 0 Å². The molecule has 0 bridgehead atoms. The fourth-order valence-electron chi connectivity index (χ4n) is 1.53. The highest BCUT2D eigenvalue weighted by molar-refractivity contribution is 5.46. The van der Waals surface area contributed by atoms with Crippen molar-refractivity contribution >= 4 is 5.69 Å². The van der Waals surface area contributed by atoms with E-state index in [1.807, 2.05) is 24.3 Å². The minimum absolute atomic E-state index is 0.135. The molecule has 0 spiro atoms. The topological polar surface area (TPSA) is 45.0 Å². The van der Waals surface area contributed by atoms with Crippen molar-refractivity contribution in [2.45, 2.75) is 26.7 Å². The van der Waals surface area contributed by atoms with Gasteiger partial charge in [0.15, 0.2) is 0 Å². The van der Waals surface area contributed by atoms with Crippen molar-refractivity contribution in [3.05, 3.63) is 24.3 Å². The number of rotatable bonds is 6. The lowest BCUT2D eigenvalue weighted by molar-refractivity contribution is 0.364. The zero-order valence-corrected chi connectivity index (χ0v) is 10.8. The lowest BCUT2D eigenvalue weighted by Gasteiger charge is -2.24. The Morgan fingerprint density at radius 2 is 1.94 bits per heavy atom. The summed E-state index contributed by atoms with van der Waals surface area (Å²) in [7, 11) is 1.66. The van der Waals surface area contributed by atoms with Gasteiger partial charge < -0.3 is 10.1 Å². The van der Waals surface area contributed by atoms with Crippen molar-refractivity contribution < 1.29 is 4.74 Å². The van der Waals surface area contributed by atoms with Crippen LogP contribution in [-0.4, -0.2) is 13.7 Å². The lowest BCUT2D eigenvalue weighted by atomic mass is 9.88. The molecule has 0 unspecified atom stereocenters. The maximum atomic E-state index is 8.59. The van der Waals surface area contributed by atoms with Crippen molar-refractivity contribution in [2.24, 2.45) is 5.41 Å². The van der Waals surface area contributed by atoms with Crippen LogP contribution in [0, 0.1) is 16.7 Å². The minimum atomic E-state index is 0.135. The lowest BCUT2D eigenvalue weighted by Crippen LogP contribution is -2.22. The van der Waals surface area contributed by atoms with Gasteiger partial charge in [0.05, 0.1) is 13.2 Å². The molecule has 17 heavy (non-hydrogen) atoms. The summed E-state index contributed by atoms with van der Waals surface area (Å²) in [5.41, 5.74) is 1.21. The first-order chi connectivity index (χ1) is 8.07. The fourth-order valence-corrected chi connectivity index (χ4v) is 1.53. The minimum Gasteiger partial charge on any atom is -0.497 e. The molecule has 92 valence electrons. The summed E-state index contributed by atoms with van der Waals surface area (Å²) in [6.45, 7) is 5.20. The highest BCUT2D eigenvalue weighted by Gasteiger charge is 2.16. The van der Waals surface area contributed by atoms with Crippen molar-refractivity contribution in [3.63, 3.8) is 0 Å². The van der Waals surface area contributed by atoms with Crippen LogP contribution in [0.1, 0.15) is 26.7 Å². The van der Waals surface area contributed by atoms with Crippen LogP contribution in [0.2, 0.25) is 0 Å². The van der Waals surface area contributed by atoms with Crippen LogP contribution < -0.4 is 10.1 Å². The van der Waals surface area contributed by atoms with Gasteiger partial charge in [0.2, 0.25) is 0 Å². The third-order valence-electron chi connectivity index (χ3n) is 2.77. The van der Waals surface area contributed by atoms with Gasteiger partial charge in [0.1, 0.15) is 5.75 Å². The van der Waals surface area contributed by atoms with E-state index in [0.29, 0.717) is 6.42 Å². The molecule has 1 aromatic carbocycles. The number of ether oxygens (including phenoxy) is 1. The Kier molecular flexibility index (Phi) is 4.84. The van der Waals surface area contributed by atoms with Crippen LogP contribution in [0.3, 0.4) is 0 Å². The summed E-state index contributed by atoms with van der Waals surface area (Å²) in [4.78, 5) is 0. The van der Waals surface area contributed by atoms with E-state index < -0.39 is 0 Å². The molecule has 3 heteroatoms. The predicted octanol–water partition coefficient (Wildman–Crippen LogP) is 3.44.